The van der Waals surface area contributed by atoms with Crippen LogP contribution in [0.25, 0.3) is 0 Å². The van der Waals surface area contributed by atoms with Gasteiger partial charge in [0.1, 0.15) is 5.75 Å². The normalized spacial score (nSPS) is 10.8. The molecule has 0 bridgehead atoms. The number of aromatic amines is 1. The minimum absolute atomic E-state index is 0.00259. The molecular weight excluding hydrogens is 340 g/mol. The van der Waals surface area contributed by atoms with Crippen molar-refractivity contribution in [1.29, 1.82) is 0 Å². The molecule has 0 fully saturated rings. The molecule has 0 unspecified atom stereocenters. The predicted molar refractivity (Wildman–Crippen MR) is 99.4 cm³/mol. The van der Waals surface area contributed by atoms with Gasteiger partial charge in [0, 0.05) is 34.5 Å². The highest BCUT2D eigenvalue weighted by Gasteiger charge is 2.11. The van der Waals surface area contributed by atoms with E-state index in [0.717, 1.165) is 24.1 Å². The molecule has 25 heavy (non-hydrogen) atoms. The lowest BCUT2D eigenvalue weighted by atomic mass is 10.1. The first-order valence-corrected chi connectivity index (χ1v) is 8.73. The molecule has 1 heterocycles. The number of aromatic nitrogens is 1. The largest absolute Gasteiger partial charge is 0.491 e. The molecule has 0 aliphatic heterocycles. The summed E-state index contributed by atoms with van der Waals surface area (Å²) in [5.41, 5.74) is 1.67. The first-order valence-electron chi connectivity index (χ1n) is 8.35. The molecule has 2 aromatic rings. The van der Waals surface area contributed by atoms with E-state index in [2.05, 4.69) is 10.3 Å². The Morgan fingerprint density at radius 3 is 2.72 bits per heavy atom. The van der Waals surface area contributed by atoms with Gasteiger partial charge in [0.25, 0.3) is 5.91 Å². The standard InChI is InChI=1S/C19H23ClN2O3/c1-4-5-16-8-14(9-18(23)22-16)19(24)21-11-13-6-7-15(20)10-17(13)25-12(2)3/h6-10,12H,4-5,11H2,1-3H3,(H,21,24)(H,22,23). The van der Waals surface area contributed by atoms with Crippen LogP contribution in [0, 0.1) is 0 Å². The molecule has 0 aliphatic carbocycles. The quantitative estimate of drug-likeness (QED) is 0.788. The Morgan fingerprint density at radius 2 is 2.04 bits per heavy atom. The zero-order valence-electron chi connectivity index (χ0n) is 14.7. The first-order chi connectivity index (χ1) is 11.9. The molecule has 0 radical (unpaired) electrons. The van der Waals surface area contributed by atoms with Crippen molar-refractivity contribution < 1.29 is 9.53 Å². The van der Waals surface area contributed by atoms with Crippen LogP contribution >= 0.6 is 11.6 Å². The van der Waals surface area contributed by atoms with Gasteiger partial charge in [-0.25, -0.2) is 0 Å². The van der Waals surface area contributed by atoms with E-state index in [1.54, 1.807) is 18.2 Å². The Bertz CT molecular complexity index is 799. The maximum Gasteiger partial charge on any atom is 0.251 e. The molecule has 0 saturated carbocycles. The molecule has 5 nitrogen and oxygen atoms in total. The Morgan fingerprint density at radius 1 is 1.28 bits per heavy atom. The third kappa shape index (κ3) is 5.64. The van der Waals surface area contributed by atoms with E-state index in [4.69, 9.17) is 16.3 Å². The van der Waals surface area contributed by atoms with E-state index in [9.17, 15) is 9.59 Å². The minimum Gasteiger partial charge on any atom is -0.491 e. The van der Waals surface area contributed by atoms with E-state index in [-0.39, 0.29) is 24.1 Å². The molecule has 2 N–H and O–H groups in total. The van der Waals surface area contributed by atoms with Crippen LogP contribution in [0.15, 0.2) is 35.1 Å². The van der Waals surface area contributed by atoms with Gasteiger partial charge in [-0.3, -0.25) is 9.59 Å². The van der Waals surface area contributed by atoms with Crippen molar-refractivity contribution >= 4 is 17.5 Å². The Labute approximate surface area is 152 Å². The lowest BCUT2D eigenvalue weighted by molar-refractivity contribution is 0.0950. The Balaban J connectivity index is 2.14. The monoisotopic (exact) mass is 362 g/mol. The van der Waals surface area contributed by atoms with Gasteiger partial charge in [-0.15, -0.1) is 0 Å². The number of benzene rings is 1. The highest BCUT2D eigenvalue weighted by atomic mass is 35.5. The third-order valence-electron chi connectivity index (χ3n) is 3.51. The van der Waals surface area contributed by atoms with Gasteiger partial charge in [0.2, 0.25) is 5.56 Å². The number of aryl methyl sites for hydroxylation is 1. The number of H-pyrrole nitrogens is 1. The molecular formula is C19H23ClN2O3. The van der Waals surface area contributed by atoms with Crippen LogP contribution in [0.2, 0.25) is 5.02 Å². The van der Waals surface area contributed by atoms with Crippen LogP contribution in [0.5, 0.6) is 5.75 Å². The summed E-state index contributed by atoms with van der Waals surface area (Å²) >= 11 is 6.02. The van der Waals surface area contributed by atoms with Crippen molar-refractivity contribution in [1.82, 2.24) is 10.3 Å². The molecule has 2 rings (SSSR count). The number of hydrogen-bond acceptors (Lipinski definition) is 3. The van der Waals surface area contributed by atoms with Crippen molar-refractivity contribution in [2.75, 3.05) is 0 Å². The van der Waals surface area contributed by atoms with Gasteiger partial charge in [-0.1, -0.05) is 31.0 Å². The molecule has 0 spiro atoms. The summed E-state index contributed by atoms with van der Waals surface area (Å²) in [5, 5.41) is 3.40. The fourth-order valence-electron chi connectivity index (χ4n) is 2.45. The fraction of sp³-hybridized carbons (Fsp3) is 0.368. The maximum absolute atomic E-state index is 12.4. The van der Waals surface area contributed by atoms with Crippen molar-refractivity contribution in [3.63, 3.8) is 0 Å². The number of carbonyl (C=O) groups is 1. The topological polar surface area (TPSA) is 71.2 Å². The maximum atomic E-state index is 12.4. The number of carbonyl (C=O) groups excluding carboxylic acids is 1. The van der Waals surface area contributed by atoms with Gasteiger partial charge in [0.05, 0.1) is 6.10 Å². The summed E-state index contributed by atoms with van der Waals surface area (Å²) < 4.78 is 5.74. The summed E-state index contributed by atoms with van der Waals surface area (Å²) in [4.78, 5) is 26.8. The third-order valence-corrected chi connectivity index (χ3v) is 3.75. The summed E-state index contributed by atoms with van der Waals surface area (Å²) in [5.74, 6) is 0.342. The van der Waals surface area contributed by atoms with Gasteiger partial charge in [-0.2, -0.15) is 0 Å². The van der Waals surface area contributed by atoms with E-state index in [0.29, 0.717) is 16.3 Å². The number of amides is 1. The van der Waals surface area contributed by atoms with E-state index in [1.807, 2.05) is 26.8 Å². The van der Waals surface area contributed by atoms with Crippen molar-refractivity contribution in [2.45, 2.75) is 46.3 Å². The van der Waals surface area contributed by atoms with E-state index < -0.39 is 0 Å². The van der Waals surface area contributed by atoms with Crippen LogP contribution < -0.4 is 15.6 Å². The summed E-state index contributed by atoms with van der Waals surface area (Å²) in [6.07, 6.45) is 1.61. The van der Waals surface area contributed by atoms with Crippen LogP contribution in [-0.2, 0) is 13.0 Å². The fourth-order valence-corrected chi connectivity index (χ4v) is 2.61. The number of hydrogen-bond donors (Lipinski definition) is 2. The van der Waals surface area contributed by atoms with Crippen LogP contribution in [0.1, 0.15) is 48.8 Å². The van der Waals surface area contributed by atoms with Crippen molar-refractivity contribution in [2.24, 2.45) is 0 Å². The molecule has 1 amide bonds. The molecule has 1 aromatic carbocycles. The summed E-state index contributed by atoms with van der Waals surface area (Å²) in [6, 6.07) is 8.33. The van der Waals surface area contributed by atoms with Gasteiger partial charge < -0.3 is 15.0 Å². The zero-order valence-corrected chi connectivity index (χ0v) is 15.4. The average molecular weight is 363 g/mol. The van der Waals surface area contributed by atoms with Crippen LogP contribution in [0.3, 0.4) is 0 Å². The lowest BCUT2D eigenvalue weighted by Crippen LogP contribution is -2.25. The lowest BCUT2D eigenvalue weighted by Gasteiger charge is -2.15. The van der Waals surface area contributed by atoms with E-state index in [1.165, 1.54) is 6.07 Å². The Kier molecular flexibility index (Phi) is 6.65. The predicted octanol–water partition coefficient (Wildman–Crippen LogP) is 3.70. The second-order valence-electron chi connectivity index (χ2n) is 6.11. The molecule has 6 heteroatoms. The number of ether oxygens (including phenoxy) is 1. The smallest absolute Gasteiger partial charge is 0.251 e. The number of halogens is 1. The minimum atomic E-state index is -0.297. The highest BCUT2D eigenvalue weighted by Crippen LogP contribution is 2.24. The second kappa shape index (κ2) is 8.72. The number of pyridine rings is 1. The van der Waals surface area contributed by atoms with Gasteiger partial charge in [-0.05, 0) is 38.5 Å². The van der Waals surface area contributed by atoms with Gasteiger partial charge >= 0.3 is 0 Å². The van der Waals surface area contributed by atoms with Crippen LogP contribution in [0.4, 0.5) is 0 Å². The van der Waals surface area contributed by atoms with Gasteiger partial charge in [0.15, 0.2) is 0 Å². The second-order valence-corrected chi connectivity index (χ2v) is 6.55. The highest BCUT2D eigenvalue weighted by molar-refractivity contribution is 6.30. The average Bonchev–Trinajstić information content (AvgIpc) is 2.53. The number of nitrogens with one attached hydrogen (secondary N) is 2. The van der Waals surface area contributed by atoms with Crippen molar-refractivity contribution in [3.05, 3.63) is 62.5 Å². The number of rotatable bonds is 7. The molecule has 134 valence electrons. The summed E-state index contributed by atoms with van der Waals surface area (Å²) in [7, 11) is 0. The Hall–Kier alpha value is -2.27. The molecule has 0 aliphatic rings. The van der Waals surface area contributed by atoms with E-state index >= 15 is 0 Å². The SMILES string of the molecule is CCCc1cc(C(=O)NCc2ccc(Cl)cc2OC(C)C)cc(=O)[nH]1. The first kappa shape index (κ1) is 19.1. The molecule has 0 saturated heterocycles. The van der Waals surface area contributed by atoms with Crippen LogP contribution in [-0.4, -0.2) is 17.0 Å². The van der Waals surface area contributed by atoms with Crippen molar-refractivity contribution in [3.8, 4) is 5.75 Å². The molecule has 0 atom stereocenters. The molecule has 1 aromatic heterocycles. The zero-order chi connectivity index (χ0) is 18.4. The summed E-state index contributed by atoms with van der Waals surface area (Å²) in [6.45, 7) is 6.15.